The monoisotopic (exact) mass is 240 g/mol. The van der Waals surface area contributed by atoms with Crippen molar-refractivity contribution in [1.82, 2.24) is 5.32 Å². The molecule has 0 unspecified atom stereocenters. The molecule has 1 rings (SSSR count). The summed E-state index contributed by atoms with van der Waals surface area (Å²) < 4.78 is 13.0. The van der Waals surface area contributed by atoms with Crippen LogP contribution in [0.3, 0.4) is 0 Å². The second-order valence-electron chi connectivity index (χ2n) is 3.16. The van der Waals surface area contributed by atoms with Gasteiger partial charge >= 0.3 is 6.03 Å². The molecular formula is C10H13FN4O2. The highest BCUT2D eigenvalue weighted by molar-refractivity contribution is 6.05. The maximum atomic E-state index is 13.0. The van der Waals surface area contributed by atoms with Crippen LogP contribution in [-0.4, -0.2) is 23.6 Å². The molecule has 1 aromatic carbocycles. The van der Waals surface area contributed by atoms with Gasteiger partial charge < -0.3 is 21.6 Å². The number of halogens is 1. The van der Waals surface area contributed by atoms with Crippen molar-refractivity contribution in [3.05, 3.63) is 29.6 Å². The molecule has 6 nitrogen and oxygen atoms in total. The number of nitrogens with zero attached hydrogens (tertiary/aromatic N) is 1. The van der Waals surface area contributed by atoms with E-state index in [9.17, 15) is 9.18 Å². The molecule has 2 amide bonds. The van der Waals surface area contributed by atoms with Crippen molar-refractivity contribution in [2.45, 2.75) is 6.92 Å². The van der Waals surface area contributed by atoms with Crippen molar-refractivity contribution in [3.8, 4) is 0 Å². The van der Waals surface area contributed by atoms with Crippen LogP contribution in [0.4, 0.5) is 14.9 Å². The lowest BCUT2D eigenvalue weighted by Crippen LogP contribution is -2.29. The predicted molar refractivity (Wildman–Crippen MR) is 61.6 cm³/mol. The van der Waals surface area contributed by atoms with Gasteiger partial charge in [-0.15, -0.1) is 0 Å². The van der Waals surface area contributed by atoms with E-state index in [0.717, 1.165) is 12.1 Å². The van der Waals surface area contributed by atoms with Crippen molar-refractivity contribution >= 4 is 17.6 Å². The Morgan fingerprint density at radius 2 is 2.29 bits per heavy atom. The zero-order valence-corrected chi connectivity index (χ0v) is 9.20. The fourth-order valence-corrected chi connectivity index (χ4v) is 1.22. The van der Waals surface area contributed by atoms with E-state index in [1.54, 1.807) is 6.92 Å². The van der Waals surface area contributed by atoms with Gasteiger partial charge in [0.15, 0.2) is 5.84 Å². The minimum absolute atomic E-state index is 0.110. The number of benzene rings is 1. The Kier molecular flexibility index (Phi) is 4.27. The van der Waals surface area contributed by atoms with Gasteiger partial charge in [0.1, 0.15) is 5.82 Å². The normalized spacial score (nSPS) is 11.1. The van der Waals surface area contributed by atoms with Crippen molar-refractivity contribution < 1.29 is 14.4 Å². The molecule has 7 heteroatoms. The number of hydrogen-bond donors (Lipinski definition) is 4. The fourth-order valence-electron chi connectivity index (χ4n) is 1.22. The summed E-state index contributed by atoms with van der Waals surface area (Å²) in [7, 11) is 0. The molecular weight excluding hydrogens is 227 g/mol. The van der Waals surface area contributed by atoms with Crippen LogP contribution < -0.4 is 16.4 Å². The molecule has 0 saturated carbocycles. The van der Waals surface area contributed by atoms with Gasteiger partial charge in [0, 0.05) is 12.1 Å². The first-order valence-electron chi connectivity index (χ1n) is 4.90. The standard InChI is InChI=1S/C10H13FN4O2/c1-2-13-10(16)14-8-4-3-6(11)5-7(8)9(12)15-17/h3-5,17H,2H2,1H3,(H2,12,15)(H2,13,14,16). The van der Waals surface area contributed by atoms with E-state index in [4.69, 9.17) is 10.9 Å². The molecule has 0 bridgehead atoms. The highest BCUT2D eigenvalue weighted by atomic mass is 19.1. The largest absolute Gasteiger partial charge is 0.409 e. The number of amides is 2. The van der Waals surface area contributed by atoms with Crippen LogP contribution in [-0.2, 0) is 0 Å². The molecule has 17 heavy (non-hydrogen) atoms. The number of nitrogens with one attached hydrogen (secondary N) is 2. The van der Waals surface area contributed by atoms with Gasteiger partial charge in [-0.3, -0.25) is 0 Å². The topological polar surface area (TPSA) is 99.7 Å². The predicted octanol–water partition coefficient (Wildman–Crippen LogP) is 1.06. The number of amidine groups is 1. The highest BCUT2D eigenvalue weighted by Gasteiger charge is 2.10. The van der Waals surface area contributed by atoms with Crippen molar-refractivity contribution in [3.63, 3.8) is 0 Å². The lowest BCUT2D eigenvalue weighted by molar-refractivity contribution is 0.252. The van der Waals surface area contributed by atoms with Gasteiger partial charge in [-0.05, 0) is 25.1 Å². The average molecular weight is 240 g/mol. The molecule has 0 aliphatic heterocycles. The molecule has 0 spiro atoms. The molecule has 0 aliphatic carbocycles. The molecule has 0 radical (unpaired) electrons. The minimum atomic E-state index is -0.548. The van der Waals surface area contributed by atoms with E-state index in [-0.39, 0.29) is 17.1 Å². The lowest BCUT2D eigenvalue weighted by atomic mass is 10.1. The first kappa shape index (κ1) is 12.8. The van der Waals surface area contributed by atoms with E-state index in [2.05, 4.69) is 15.8 Å². The van der Waals surface area contributed by atoms with Crippen LogP contribution in [0.2, 0.25) is 0 Å². The van der Waals surface area contributed by atoms with Crippen molar-refractivity contribution in [2.24, 2.45) is 10.9 Å². The lowest BCUT2D eigenvalue weighted by Gasteiger charge is -2.10. The highest BCUT2D eigenvalue weighted by Crippen LogP contribution is 2.16. The number of carbonyl (C=O) groups excluding carboxylic acids is 1. The van der Waals surface area contributed by atoms with E-state index < -0.39 is 11.8 Å². The Labute approximate surface area is 97.3 Å². The third kappa shape index (κ3) is 3.33. The number of anilines is 1. The molecule has 0 aromatic heterocycles. The first-order chi connectivity index (χ1) is 8.08. The summed E-state index contributed by atoms with van der Waals surface area (Å²) in [5, 5.41) is 16.3. The Morgan fingerprint density at radius 3 is 2.88 bits per heavy atom. The van der Waals surface area contributed by atoms with Gasteiger partial charge in [-0.2, -0.15) is 0 Å². The third-order valence-corrected chi connectivity index (χ3v) is 1.95. The number of rotatable bonds is 3. The maximum absolute atomic E-state index is 13.0. The van der Waals surface area contributed by atoms with E-state index in [1.165, 1.54) is 6.07 Å². The first-order valence-corrected chi connectivity index (χ1v) is 4.90. The molecule has 1 aromatic rings. The fraction of sp³-hybridized carbons (Fsp3) is 0.200. The SMILES string of the molecule is CCNC(=O)Nc1ccc(F)cc1/C(N)=N/O. The van der Waals surface area contributed by atoms with Gasteiger partial charge in [0.05, 0.1) is 5.69 Å². The van der Waals surface area contributed by atoms with Crippen LogP contribution in [0.15, 0.2) is 23.4 Å². The van der Waals surface area contributed by atoms with Crippen molar-refractivity contribution in [2.75, 3.05) is 11.9 Å². The second kappa shape index (κ2) is 5.69. The summed E-state index contributed by atoms with van der Waals surface area (Å²) in [6.45, 7) is 2.21. The van der Waals surface area contributed by atoms with Crippen molar-refractivity contribution in [1.29, 1.82) is 0 Å². The van der Waals surface area contributed by atoms with Gasteiger partial charge in [0.25, 0.3) is 0 Å². The zero-order chi connectivity index (χ0) is 12.8. The summed E-state index contributed by atoms with van der Waals surface area (Å²) in [6, 6.07) is 3.11. The summed E-state index contributed by atoms with van der Waals surface area (Å²) in [5.41, 5.74) is 5.74. The van der Waals surface area contributed by atoms with Gasteiger partial charge in [0.2, 0.25) is 0 Å². The van der Waals surface area contributed by atoms with Crippen LogP contribution in [0.25, 0.3) is 0 Å². The average Bonchev–Trinajstić information content (AvgIpc) is 2.30. The van der Waals surface area contributed by atoms with Gasteiger partial charge in [-0.25, -0.2) is 9.18 Å². The number of nitrogens with two attached hydrogens (primary N) is 1. The number of urea groups is 1. The Hall–Kier alpha value is -2.31. The maximum Gasteiger partial charge on any atom is 0.319 e. The summed E-state index contributed by atoms with van der Waals surface area (Å²) in [5.74, 6) is -0.829. The van der Waals surface area contributed by atoms with Gasteiger partial charge in [-0.1, -0.05) is 5.16 Å². The number of hydrogen-bond acceptors (Lipinski definition) is 3. The van der Waals surface area contributed by atoms with E-state index in [0.29, 0.717) is 6.54 Å². The number of oxime groups is 1. The molecule has 92 valence electrons. The number of carbonyl (C=O) groups is 1. The van der Waals surface area contributed by atoms with Crippen LogP contribution in [0.5, 0.6) is 0 Å². The Morgan fingerprint density at radius 1 is 1.59 bits per heavy atom. The molecule has 0 fully saturated rings. The summed E-state index contributed by atoms with van der Waals surface area (Å²) in [4.78, 5) is 11.3. The summed E-state index contributed by atoms with van der Waals surface area (Å²) >= 11 is 0. The molecule has 5 N–H and O–H groups in total. The van der Waals surface area contributed by atoms with Crippen LogP contribution in [0.1, 0.15) is 12.5 Å². The second-order valence-corrected chi connectivity index (χ2v) is 3.16. The zero-order valence-electron chi connectivity index (χ0n) is 9.20. The van der Waals surface area contributed by atoms with Crippen LogP contribution in [0, 0.1) is 5.82 Å². The molecule has 0 atom stereocenters. The Bertz CT molecular complexity index is 448. The quantitative estimate of drug-likeness (QED) is 0.275. The molecule has 0 heterocycles. The Balaban J connectivity index is 3.02. The third-order valence-electron chi connectivity index (χ3n) is 1.95. The molecule has 0 saturated heterocycles. The van der Waals surface area contributed by atoms with Crippen LogP contribution >= 0.6 is 0 Å². The summed E-state index contributed by atoms with van der Waals surface area (Å²) in [6.07, 6.45) is 0. The minimum Gasteiger partial charge on any atom is -0.409 e. The van der Waals surface area contributed by atoms with E-state index in [1.807, 2.05) is 0 Å². The van der Waals surface area contributed by atoms with E-state index >= 15 is 0 Å². The molecule has 0 aliphatic rings. The smallest absolute Gasteiger partial charge is 0.319 e.